The number of amides is 1. The molecule has 5 heteroatoms. The van der Waals surface area contributed by atoms with Crippen molar-refractivity contribution in [1.82, 2.24) is 5.32 Å². The maximum absolute atomic E-state index is 13.0. The number of hydrogen-bond acceptors (Lipinski definition) is 4. The molecule has 142 valence electrons. The number of benzene rings is 2. The Balaban J connectivity index is 1.59. The molecule has 1 saturated carbocycles. The van der Waals surface area contributed by atoms with Crippen molar-refractivity contribution in [3.05, 3.63) is 59.2 Å². The van der Waals surface area contributed by atoms with E-state index >= 15 is 0 Å². The molecule has 4 rings (SSSR count). The van der Waals surface area contributed by atoms with Crippen molar-refractivity contribution in [2.24, 2.45) is 5.92 Å². The quantitative estimate of drug-likeness (QED) is 0.822. The summed E-state index contributed by atoms with van der Waals surface area (Å²) in [4.78, 5) is 13.0. The number of nitrogens with one attached hydrogen (secondary N) is 1. The van der Waals surface area contributed by atoms with Crippen LogP contribution < -0.4 is 14.8 Å². The number of fused-ring (bicyclic) bond motifs is 1. The second-order valence-corrected chi connectivity index (χ2v) is 7.23. The van der Waals surface area contributed by atoms with Crippen LogP contribution in [-0.2, 0) is 6.42 Å². The number of carbonyl (C=O) groups excluding carboxylic acids is 1. The van der Waals surface area contributed by atoms with Gasteiger partial charge in [-0.05, 0) is 61.1 Å². The van der Waals surface area contributed by atoms with Crippen molar-refractivity contribution in [3.8, 4) is 11.5 Å². The fraction of sp³-hybridized carbons (Fsp3) is 0.409. The average Bonchev–Trinajstić information content (AvgIpc) is 3.12. The molecule has 27 heavy (non-hydrogen) atoms. The first-order valence-corrected chi connectivity index (χ1v) is 9.62. The van der Waals surface area contributed by atoms with Gasteiger partial charge in [0.25, 0.3) is 5.91 Å². The van der Waals surface area contributed by atoms with Gasteiger partial charge >= 0.3 is 0 Å². The smallest absolute Gasteiger partial charge is 0.255 e. The summed E-state index contributed by atoms with van der Waals surface area (Å²) in [7, 11) is 0. The lowest BCUT2D eigenvalue weighted by Crippen LogP contribution is -2.41. The molecule has 1 fully saturated rings. The van der Waals surface area contributed by atoms with Gasteiger partial charge in [0.1, 0.15) is 11.5 Å². The van der Waals surface area contributed by atoms with E-state index in [-0.39, 0.29) is 24.0 Å². The first kappa shape index (κ1) is 17.9. The fourth-order valence-corrected chi connectivity index (χ4v) is 3.93. The van der Waals surface area contributed by atoms with Crippen LogP contribution in [0, 0.1) is 5.92 Å². The van der Waals surface area contributed by atoms with Gasteiger partial charge in [0.2, 0.25) is 0 Å². The molecule has 1 unspecified atom stereocenters. The summed E-state index contributed by atoms with van der Waals surface area (Å²) in [5.74, 6) is 1.59. The Morgan fingerprint density at radius 3 is 2.89 bits per heavy atom. The summed E-state index contributed by atoms with van der Waals surface area (Å²) in [5.41, 5.74) is 2.79. The number of ether oxygens (including phenoxy) is 2. The maximum atomic E-state index is 13.0. The summed E-state index contributed by atoms with van der Waals surface area (Å²) >= 11 is 0. The molecule has 0 spiro atoms. The van der Waals surface area contributed by atoms with Crippen LogP contribution in [0.15, 0.2) is 42.5 Å². The monoisotopic (exact) mass is 367 g/mol. The molecule has 2 aromatic rings. The Bertz CT molecular complexity index is 829. The molecule has 2 N–H and O–H groups in total. The molecule has 1 aliphatic heterocycles. The molecule has 0 saturated heterocycles. The van der Waals surface area contributed by atoms with E-state index in [2.05, 4.69) is 11.4 Å². The summed E-state index contributed by atoms with van der Waals surface area (Å²) in [6, 6.07) is 13.3. The largest absolute Gasteiger partial charge is 0.493 e. The molecule has 0 radical (unpaired) electrons. The van der Waals surface area contributed by atoms with Gasteiger partial charge in [-0.2, -0.15) is 0 Å². The second kappa shape index (κ2) is 7.61. The van der Waals surface area contributed by atoms with Crippen LogP contribution in [0.3, 0.4) is 0 Å². The highest BCUT2D eigenvalue weighted by Gasteiger charge is 2.36. The standard InChI is InChI=1S/C22H25NO4/c1-2-26-20-6-4-3-5-18(20)22(25)23-21(16-12-17(24)13-16)15-7-8-19-14(11-15)9-10-27-19/h3-8,11,16-17,21,24H,2,9-10,12-13H2,1H3,(H,23,25). The predicted molar refractivity (Wildman–Crippen MR) is 102 cm³/mol. The normalized spacial score (nSPS) is 21.6. The Morgan fingerprint density at radius 2 is 2.11 bits per heavy atom. The summed E-state index contributed by atoms with van der Waals surface area (Å²) in [6.45, 7) is 3.12. The van der Waals surface area contributed by atoms with Crippen LogP contribution in [0.1, 0.15) is 47.3 Å². The highest BCUT2D eigenvalue weighted by atomic mass is 16.5. The van der Waals surface area contributed by atoms with E-state index < -0.39 is 0 Å². The summed E-state index contributed by atoms with van der Waals surface area (Å²) in [6.07, 6.45) is 2.02. The first-order chi connectivity index (χ1) is 13.2. The van der Waals surface area contributed by atoms with Gasteiger partial charge in [0, 0.05) is 6.42 Å². The number of para-hydroxylation sites is 1. The van der Waals surface area contributed by atoms with Gasteiger partial charge in [-0.25, -0.2) is 0 Å². The highest BCUT2D eigenvalue weighted by molar-refractivity contribution is 5.97. The van der Waals surface area contributed by atoms with Gasteiger partial charge in [0.05, 0.1) is 30.9 Å². The molecule has 1 aliphatic carbocycles. The third-order valence-corrected chi connectivity index (χ3v) is 5.41. The van der Waals surface area contributed by atoms with Crippen molar-refractivity contribution in [3.63, 3.8) is 0 Å². The van der Waals surface area contributed by atoms with Crippen LogP contribution in [-0.4, -0.2) is 30.3 Å². The minimum Gasteiger partial charge on any atom is -0.493 e. The lowest BCUT2D eigenvalue weighted by molar-refractivity contribution is 0.0235. The van der Waals surface area contributed by atoms with E-state index in [1.165, 1.54) is 5.56 Å². The number of hydrogen-bond donors (Lipinski definition) is 2. The van der Waals surface area contributed by atoms with Crippen molar-refractivity contribution in [2.45, 2.75) is 38.3 Å². The molecule has 2 aliphatic rings. The number of rotatable bonds is 6. The molecule has 1 amide bonds. The minimum atomic E-state index is -0.275. The molecular weight excluding hydrogens is 342 g/mol. The predicted octanol–water partition coefficient (Wildman–Crippen LogP) is 3.26. The lowest BCUT2D eigenvalue weighted by atomic mass is 9.74. The topological polar surface area (TPSA) is 67.8 Å². The van der Waals surface area contributed by atoms with E-state index in [4.69, 9.17) is 9.47 Å². The van der Waals surface area contributed by atoms with E-state index in [9.17, 15) is 9.90 Å². The lowest BCUT2D eigenvalue weighted by Gasteiger charge is -2.38. The zero-order valence-corrected chi connectivity index (χ0v) is 15.5. The third kappa shape index (κ3) is 3.65. The Morgan fingerprint density at radius 1 is 1.30 bits per heavy atom. The van der Waals surface area contributed by atoms with Gasteiger partial charge in [-0.3, -0.25) is 4.79 Å². The highest BCUT2D eigenvalue weighted by Crippen LogP contribution is 2.40. The van der Waals surface area contributed by atoms with Gasteiger partial charge in [-0.15, -0.1) is 0 Å². The van der Waals surface area contributed by atoms with Gasteiger partial charge < -0.3 is 19.9 Å². The third-order valence-electron chi connectivity index (χ3n) is 5.41. The Labute approximate surface area is 159 Å². The number of aliphatic hydroxyl groups is 1. The van der Waals surface area contributed by atoms with Crippen molar-refractivity contribution in [2.75, 3.05) is 13.2 Å². The molecule has 5 nitrogen and oxygen atoms in total. The maximum Gasteiger partial charge on any atom is 0.255 e. The zero-order valence-electron chi connectivity index (χ0n) is 15.5. The Hall–Kier alpha value is -2.53. The van der Waals surface area contributed by atoms with E-state index in [1.807, 2.05) is 37.3 Å². The van der Waals surface area contributed by atoms with Crippen molar-refractivity contribution < 1.29 is 19.4 Å². The van der Waals surface area contributed by atoms with Crippen LogP contribution >= 0.6 is 0 Å². The van der Waals surface area contributed by atoms with Crippen molar-refractivity contribution in [1.29, 1.82) is 0 Å². The summed E-state index contributed by atoms with van der Waals surface area (Å²) in [5, 5.41) is 13.0. The van der Waals surface area contributed by atoms with Crippen molar-refractivity contribution >= 4 is 5.91 Å². The Kier molecular flexibility index (Phi) is 5.03. The minimum absolute atomic E-state index is 0.138. The number of aliphatic hydroxyl groups excluding tert-OH is 1. The second-order valence-electron chi connectivity index (χ2n) is 7.23. The molecule has 2 aromatic carbocycles. The molecule has 0 bridgehead atoms. The molecule has 1 heterocycles. The zero-order chi connectivity index (χ0) is 18.8. The van der Waals surface area contributed by atoms with Crippen LogP contribution in [0.25, 0.3) is 0 Å². The SMILES string of the molecule is CCOc1ccccc1C(=O)NC(c1ccc2c(c1)CCO2)C1CC(O)C1. The molecule has 0 aromatic heterocycles. The van der Waals surface area contributed by atoms with Gasteiger partial charge in [0.15, 0.2) is 0 Å². The summed E-state index contributed by atoms with van der Waals surface area (Å²) < 4.78 is 11.2. The van der Waals surface area contributed by atoms with Crippen LogP contribution in [0.2, 0.25) is 0 Å². The van der Waals surface area contributed by atoms with E-state index in [0.29, 0.717) is 37.4 Å². The van der Waals surface area contributed by atoms with E-state index in [1.54, 1.807) is 6.07 Å². The van der Waals surface area contributed by atoms with Gasteiger partial charge in [-0.1, -0.05) is 18.2 Å². The van der Waals surface area contributed by atoms with E-state index in [0.717, 1.165) is 17.7 Å². The fourth-order valence-electron chi connectivity index (χ4n) is 3.93. The van der Waals surface area contributed by atoms with Crippen LogP contribution in [0.5, 0.6) is 11.5 Å². The first-order valence-electron chi connectivity index (χ1n) is 9.62. The average molecular weight is 367 g/mol. The van der Waals surface area contributed by atoms with Crippen LogP contribution in [0.4, 0.5) is 0 Å². The molecular formula is C22H25NO4. The molecule has 1 atom stereocenters. The number of carbonyl (C=O) groups is 1.